The van der Waals surface area contributed by atoms with Crippen molar-refractivity contribution in [1.82, 2.24) is 0 Å². The number of para-hydroxylation sites is 1. The third-order valence-corrected chi connectivity index (χ3v) is 3.22. The van der Waals surface area contributed by atoms with E-state index in [1.807, 2.05) is 25.1 Å². The number of anilines is 1. The molecule has 0 saturated heterocycles. The van der Waals surface area contributed by atoms with Crippen molar-refractivity contribution in [3.05, 3.63) is 23.8 Å². The van der Waals surface area contributed by atoms with Crippen LogP contribution in [0.1, 0.15) is 25.8 Å². The third-order valence-electron chi connectivity index (χ3n) is 3.22. The monoisotopic (exact) mass is 309 g/mol. The summed E-state index contributed by atoms with van der Waals surface area (Å²) in [4.78, 5) is 13.7. The molecular formula is C17H27NO4. The molecule has 0 atom stereocenters. The number of ether oxygens (including phenoxy) is 3. The second kappa shape index (κ2) is 10.2. The highest BCUT2D eigenvalue weighted by Gasteiger charge is 2.17. The van der Waals surface area contributed by atoms with Crippen LogP contribution < -0.4 is 9.64 Å². The van der Waals surface area contributed by atoms with Gasteiger partial charge in [-0.05, 0) is 25.0 Å². The Morgan fingerprint density at radius 1 is 1.18 bits per heavy atom. The van der Waals surface area contributed by atoms with Gasteiger partial charge in [0.05, 0.1) is 25.5 Å². The lowest BCUT2D eigenvalue weighted by Crippen LogP contribution is -2.30. The van der Waals surface area contributed by atoms with E-state index in [-0.39, 0.29) is 5.91 Å². The van der Waals surface area contributed by atoms with Crippen LogP contribution in [0.15, 0.2) is 18.2 Å². The lowest BCUT2D eigenvalue weighted by atomic mass is 10.1. The maximum absolute atomic E-state index is 11.9. The molecule has 0 fully saturated rings. The Bertz CT molecular complexity index is 462. The van der Waals surface area contributed by atoms with Gasteiger partial charge >= 0.3 is 0 Å². The Morgan fingerprint density at radius 3 is 2.55 bits per heavy atom. The first-order valence-corrected chi connectivity index (χ1v) is 7.69. The number of rotatable bonds is 10. The van der Waals surface area contributed by atoms with Crippen molar-refractivity contribution in [3.8, 4) is 5.75 Å². The van der Waals surface area contributed by atoms with Gasteiger partial charge in [-0.3, -0.25) is 4.79 Å². The number of hydrogen-bond donors (Lipinski definition) is 0. The topological polar surface area (TPSA) is 48.0 Å². The fraction of sp³-hybridized carbons (Fsp3) is 0.588. The molecule has 0 aliphatic rings. The van der Waals surface area contributed by atoms with E-state index in [0.29, 0.717) is 33.0 Å². The van der Waals surface area contributed by atoms with E-state index >= 15 is 0 Å². The number of methoxy groups -OCH3 is 1. The summed E-state index contributed by atoms with van der Waals surface area (Å²) >= 11 is 0. The molecule has 0 aliphatic carbocycles. The molecule has 0 aliphatic heterocycles. The van der Waals surface area contributed by atoms with Crippen LogP contribution in [-0.4, -0.2) is 46.0 Å². The van der Waals surface area contributed by atoms with Crippen LogP contribution in [0.25, 0.3) is 0 Å². The van der Waals surface area contributed by atoms with Crippen molar-refractivity contribution in [2.45, 2.75) is 27.2 Å². The Hall–Kier alpha value is -1.59. The van der Waals surface area contributed by atoms with Gasteiger partial charge in [-0.25, -0.2) is 0 Å². The minimum absolute atomic E-state index is 0.0253. The summed E-state index contributed by atoms with van der Waals surface area (Å²) in [7, 11) is 1.64. The highest BCUT2D eigenvalue weighted by Crippen LogP contribution is 2.32. The van der Waals surface area contributed by atoms with Crippen molar-refractivity contribution >= 4 is 11.6 Å². The van der Waals surface area contributed by atoms with Crippen LogP contribution in [0.2, 0.25) is 0 Å². The van der Waals surface area contributed by atoms with E-state index in [2.05, 4.69) is 6.92 Å². The number of amides is 1. The Morgan fingerprint density at radius 2 is 1.91 bits per heavy atom. The van der Waals surface area contributed by atoms with E-state index in [0.717, 1.165) is 23.4 Å². The van der Waals surface area contributed by atoms with Gasteiger partial charge in [-0.2, -0.15) is 0 Å². The summed E-state index contributed by atoms with van der Waals surface area (Å²) in [5.41, 5.74) is 1.88. The van der Waals surface area contributed by atoms with Crippen LogP contribution in [0.5, 0.6) is 5.75 Å². The molecular weight excluding hydrogens is 282 g/mol. The van der Waals surface area contributed by atoms with Gasteiger partial charge < -0.3 is 19.1 Å². The fourth-order valence-electron chi connectivity index (χ4n) is 2.20. The van der Waals surface area contributed by atoms with Crippen LogP contribution in [0, 0.1) is 6.92 Å². The SMILES string of the molecule is CCCN(C(C)=O)c1c(C)cccc1OCCOCCOC. The predicted octanol–water partition coefficient (Wildman–Crippen LogP) is 2.80. The molecule has 0 saturated carbocycles. The van der Waals surface area contributed by atoms with Gasteiger partial charge in [0.15, 0.2) is 0 Å². The highest BCUT2D eigenvalue weighted by atomic mass is 16.5. The van der Waals surface area contributed by atoms with Gasteiger partial charge in [0.25, 0.3) is 0 Å². The zero-order valence-electron chi connectivity index (χ0n) is 14.1. The highest BCUT2D eigenvalue weighted by molar-refractivity contribution is 5.94. The summed E-state index contributed by atoms with van der Waals surface area (Å²) in [6, 6.07) is 5.82. The van der Waals surface area contributed by atoms with Gasteiger partial charge in [-0.15, -0.1) is 0 Å². The van der Waals surface area contributed by atoms with E-state index in [1.54, 1.807) is 18.9 Å². The van der Waals surface area contributed by atoms with Gasteiger partial charge in [-0.1, -0.05) is 19.1 Å². The predicted molar refractivity (Wildman–Crippen MR) is 87.7 cm³/mol. The van der Waals surface area contributed by atoms with Gasteiger partial charge in [0, 0.05) is 20.6 Å². The molecule has 1 rings (SSSR count). The molecule has 0 N–H and O–H groups in total. The van der Waals surface area contributed by atoms with Crippen LogP contribution in [-0.2, 0) is 14.3 Å². The van der Waals surface area contributed by atoms with Crippen LogP contribution >= 0.6 is 0 Å². The molecule has 22 heavy (non-hydrogen) atoms. The molecule has 0 spiro atoms. The first kappa shape index (κ1) is 18.5. The molecule has 0 heterocycles. The van der Waals surface area contributed by atoms with Crippen molar-refractivity contribution in [3.63, 3.8) is 0 Å². The molecule has 1 aromatic carbocycles. The Kier molecular flexibility index (Phi) is 8.55. The first-order chi connectivity index (χ1) is 10.6. The summed E-state index contributed by atoms with van der Waals surface area (Å²) in [5.74, 6) is 0.747. The van der Waals surface area contributed by atoms with E-state index in [1.165, 1.54) is 0 Å². The summed E-state index contributed by atoms with van der Waals surface area (Å²) in [6.45, 7) is 8.37. The summed E-state index contributed by atoms with van der Waals surface area (Å²) < 4.78 is 16.1. The van der Waals surface area contributed by atoms with Crippen molar-refractivity contribution in [2.75, 3.05) is 45.0 Å². The minimum atomic E-state index is 0.0253. The second-order valence-corrected chi connectivity index (χ2v) is 5.05. The van der Waals surface area contributed by atoms with E-state index in [4.69, 9.17) is 14.2 Å². The average molecular weight is 309 g/mol. The van der Waals surface area contributed by atoms with Crippen LogP contribution in [0.4, 0.5) is 5.69 Å². The van der Waals surface area contributed by atoms with Crippen LogP contribution in [0.3, 0.4) is 0 Å². The number of hydrogen-bond acceptors (Lipinski definition) is 4. The largest absolute Gasteiger partial charge is 0.489 e. The van der Waals surface area contributed by atoms with E-state index in [9.17, 15) is 4.79 Å². The molecule has 5 nitrogen and oxygen atoms in total. The zero-order valence-corrected chi connectivity index (χ0v) is 14.1. The van der Waals surface area contributed by atoms with Gasteiger partial charge in [0.1, 0.15) is 12.4 Å². The molecule has 0 radical (unpaired) electrons. The van der Waals surface area contributed by atoms with Crippen molar-refractivity contribution in [1.29, 1.82) is 0 Å². The maximum atomic E-state index is 11.9. The number of carbonyl (C=O) groups is 1. The Labute approximate surface area is 133 Å². The number of nitrogens with zero attached hydrogens (tertiary/aromatic N) is 1. The average Bonchev–Trinajstić information content (AvgIpc) is 2.49. The lowest BCUT2D eigenvalue weighted by Gasteiger charge is -2.25. The van der Waals surface area contributed by atoms with Gasteiger partial charge in [0.2, 0.25) is 5.91 Å². The standard InChI is InChI=1S/C17H27NO4/c1-5-9-18(15(3)19)17-14(2)7-6-8-16(17)22-13-12-21-11-10-20-4/h6-8H,5,9-13H2,1-4H3. The lowest BCUT2D eigenvalue weighted by molar-refractivity contribution is -0.116. The summed E-state index contributed by atoms with van der Waals surface area (Å²) in [6.07, 6.45) is 0.896. The minimum Gasteiger partial charge on any atom is -0.489 e. The first-order valence-electron chi connectivity index (χ1n) is 7.69. The normalized spacial score (nSPS) is 10.5. The smallest absolute Gasteiger partial charge is 0.223 e. The number of aryl methyl sites for hydroxylation is 1. The maximum Gasteiger partial charge on any atom is 0.223 e. The number of carbonyl (C=O) groups excluding carboxylic acids is 1. The molecule has 0 unspecified atom stereocenters. The van der Waals surface area contributed by atoms with E-state index < -0.39 is 0 Å². The molecule has 1 aromatic rings. The molecule has 0 aromatic heterocycles. The quantitative estimate of drug-likeness (QED) is 0.624. The molecule has 5 heteroatoms. The van der Waals surface area contributed by atoms with Crippen molar-refractivity contribution < 1.29 is 19.0 Å². The fourth-order valence-corrected chi connectivity index (χ4v) is 2.20. The molecule has 1 amide bonds. The Balaban J connectivity index is 2.74. The molecule has 124 valence electrons. The summed E-state index contributed by atoms with van der Waals surface area (Å²) in [5, 5.41) is 0. The zero-order chi connectivity index (χ0) is 16.4. The second-order valence-electron chi connectivity index (χ2n) is 5.05. The number of benzene rings is 1. The van der Waals surface area contributed by atoms with Crippen molar-refractivity contribution in [2.24, 2.45) is 0 Å². The molecule has 0 bridgehead atoms. The third kappa shape index (κ3) is 5.66.